The molecular formula is C14H16BrNS2. The number of halogens is 1. The lowest BCUT2D eigenvalue weighted by Crippen LogP contribution is -2.08. The molecule has 0 bridgehead atoms. The van der Waals surface area contributed by atoms with Crippen LogP contribution in [0.4, 0.5) is 0 Å². The van der Waals surface area contributed by atoms with Crippen LogP contribution in [0.1, 0.15) is 45.5 Å². The number of hydrogen-bond donors (Lipinski definition) is 1. The summed E-state index contributed by atoms with van der Waals surface area (Å²) in [5, 5.41) is 0. The lowest BCUT2D eigenvalue weighted by atomic mass is 10.1. The fourth-order valence-corrected chi connectivity index (χ4v) is 5.28. The quantitative estimate of drug-likeness (QED) is 0.773. The minimum atomic E-state index is 0.0539. The molecule has 0 saturated carbocycles. The molecule has 1 nitrogen and oxygen atoms in total. The Labute approximate surface area is 124 Å². The fourth-order valence-electron chi connectivity index (χ4n) is 2.48. The summed E-state index contributed by atoms with van der Waals surface area (Å²) in [7, 11) is 0. The van der Waals surface area contributed by atoms with Crippen molar-refractivity contribution in [2.75, 3.05) is 0 Å². The third-order valence-electron chi connectivity index (χ3n) is 3.47. The molecule has 3 rings (SSSR count). The summed E-state index contributed by atoms with van der Waals surface area (Å²) >= 11 is 7.17. The summed E-state index contributed by atoms with van der Waals surface area (Å²) in [4.78, 5) is 4.16. The van der Waals surface area contributed by atoms with Gasteiger partial charge < -0.3 is 5.73 Å². The second-order valence-electron chi connectivity index (χ2n) is 4.78. The highest BCUT2D eigenvalue weighted by molar-refractivity contribution is 9.11. The summed E-state index contributed by atoms with van der Waals surface area (Å²) in [6, 6.07) is 6.62. The van der Waals surface area contributed by atoms with Crippen molar-refractivity contribution in [3.63, 3.8) is 0 Å². The lowest BCUT2D eigenvalue weighted by molar-refractivity contribution is 0.712. The van der Waals surface area contributed by atoms with Crippen LogP contribution < -0.4 is 5.73 Å². The monoisotopic (exact) mass is 341 g/mol. The number of aryl methyl sites for hydroxylation is 2. The summed E-state index contributed by atoms with van der Waals surface area (Å²) in [5.74, 6) is 0. The van der Waals surface area contributed by atoms with Crippen molar-refractivity contribution >= 4 is 38.6 Å². The number of hydrogen-bond acceptors (Lipinski definition) is 3. The highest BCUT2D eigenvalue weighted by atomic mass is 79.9. The molecule has 1 atom stereocenters. The van der Waals surface area contributed by atoms with Crippen LogP contribution in [-0.4, -0.2) is 0 Å². The van der Waals surface area contributed by atoms with Crippen molar-refractivity contribution in [3.05, 3.63) is 42.2 Å². The van der Waals surface area contributed by atoms with Crippen molar-refractivity contribution in [3.8, 4) is 0 Å². The molecule has 18 heavy (non-hydrogen) atoms. The Bertz CT molecular complexity index is 520. The van der Waals surface area contributed by atoms with Gasteiger partial charge in [0.25, 0.3) is 0 Å². The molecule has 4 heteroatoms. The summed E-state index contributed by atoms with van der Waals surface area (Å²) in [6.45, 7) is 0. The van der Waals surface area contributed by atoms with Crippen LogP contribution in [0.5, 0.6) is 0 Å². The van der Waals surface area contributed by atoms with Gasteiger partial charge in [-0.25, -0.2) is 0 Å². The molecule has 96 valence electrons. The molecule has 0 aromatic carbocycles. The van der Waals surface area contributed by atoms with Crippen molar-refractivity contribution in [1.82, 2.24) is 0 Å². The van der Waals surface area contributed by atoms with Gasteiger partial charge in [0.05, 0.1) is 9.83 Å². The molecule has 1 aliphatic carbocycles. The molecule has 1 aliphatic rings. The van der Waals surface area contributed by atoms with Crippen LogP contribution in [-0.2, 0) is 12.8 Å². The molecule has 0 fully saturated rings. The molecule has 0 spiro atoms. The molecule has 0 radical (unpaired) electrons. The number of fused-ring (bicyclic) bond motifs is 1. The maximum Gasteiger partial charge on any atom is 0.0740 e. The van der Waals surface area contributed by atoms with Gasteiger partial charge in [-0.1, -0.05) is 6.42 Å². The Morgan fingerprint density at radius 1 is 1.06 bits per heavy atom. The number of rotatable bonds is 2. The Kier molecular flexibility index (Phi) is 3.89. The molecule has 2 N–H and O–H groups in total. The average Bonchev–Trinajstić information content (AvgIpc) is 2.90. The highest BCUT2D eigenvalue weighted by Crippen LogP contribution is 2.36. The van der Waals surface area contributed by atoms with E-state index in [1.54, 1.807) is 21.8 Å². The number of thiophene rings is 2. The minimum Gasteiger partial charge on any atom is -0.319 e. The minimum absolute atomic E-state index is 0.0539. The Morgan fingerprint density at radius 3 is 2.67 bits per heavy atom. The van der Waals surface area contributed by atoms with Gasteiger partial charge in [0, 0.05) is 14.6 Å². The Morgan fingerprint density at radius 2 is 1.89 bits per heavy atom. The van der Waals surface area contributed by atoms with Gasteiger partial charge in [-0.2, -0.15) is 0 Å². The maximum absolute atomic E-state index is 6.38. The van der Waals surface area contributed by atoms with E-state index >= 15 is 0 Å². The molecule has 0 aliphatic heterocycles. The van der Waals surface area contributed by atoms with Gasteiger partial charge in [-0.3, -0.25) is 0 Å². The predicted molar refractivity (Wildman–Crippen MR) is 83.6 cm³/mol. The van der Waals surface area contributed by atoms with Crippen LogP contribution in [0.25, 0.3) is 0 Å². The van der Waals surface area contributed by atoms with Gasteiger partial charge in [-0.15, -0.1) is 22.7 Å². The molecule has 1 unspecified atom stereocenters. The molecule has 2 aromatic rings. The zero-order valence-corrected chi connectivity index (χ0v) is 13.3. The Hall–Kier alpha value is -0.160. The van der Waals surface area contributed by atoms with Gasteiger partial charge in [0.15, 0.2) is 0 Å². The second-order valence-corrected chi connectivity index (χ2v) is 8.44. The normalized spacial score (nSPS) is 17.2. The zero-order chi connectivity index (χ0) is 12.5. The van der Waals surface area contributed by atoms with E-state index < -0.39 is 0 Å². The fraction of sp³-hybridized carbons (Fsp3) is 0.429. The van der Waals surface area contributed by atoms with Gasteiger partial charge in [-0.05, 0) is 65.4 Å². The standard InChI is InChI=1S/C14H16BrNS2/c15-13-7-6-11(18-13)14(16)12-8-9-4-2-1-3-5-10(9)17-12/h6-8,14H,1-5,16H2. The number of nitrogens with two attached hydrogens (primary N) is 1. The first-order chi connectivity index (χ1) is 8.74. The van der Waals surface area contributed by atoms with E-state index in [0.29, 0.717) is 0 Å². The molecule has 2 aromatic heterocycles. The highest BCUT2D eigenvalue weighted by Gasteiger charge is 2.18. The molecule has 0 saturated heterocycles. The van der Waals surface area contributed by atoms with Gasteiger partial charge >= 0.3 is 0 Å². The first-order valence-electron chi connectivity index (χ1n) is 6.36. The maximum atomic E-state index is 6.38. The van der Waals surface area contributed by atoms with Gasteiger partial charge in [0.1, 0.15) is 0 Å². The van der Waals surface area contributed by atoms with Crippen molar-refractivity contribution < 1.29 is 0 Å². The van der Waals surface area contributed by atoms with E-state index in [2.05, 4.69) is 34.1 Å². The predicted octanol–water partition coefficient (Wildman–Crippen LogP) is 4.89. The van der Waals surface area contributed by atoms with E-state index in [4.69, 9.17) is 5.73 Å². The zero-order valence-electron chi connectivity index (χ0n) is 10.1. The lowest BCUT2D eigenvalue weighted by Gasteiger charge is -2.06. The van der Waals surface area contributed by atoms with Crippen LogP contribution >= 0.6 is 38.6 Å². The first kappa shape index (κ1) is 12.9. The van der Waals surface area contributed by atoms with Crippen molar-refractivity contribution in [2.24, 2.45) is 5.73 Å². The molecule has 0 amide bonds. The molecular weight excluding hydrogens is 326 g/mol. The van der Waals surface area contributed by atoms with E-state index in [1.807, 2.05) is 11.3 Å². The summed E-state index contributed by atoms with van der Waals surface area (Å²) < 4.78 is 1.16. The largest absolute Gasteiger partial charge is 0.319 e. The second kappa shape index (κ2) is 5.45. The van der Waals surface area contributed by atoms with E-state index in [-0.39, 0.29) is 6.04 Å². The van der Waals surface area contributed by atoms with Crippen LogP contribution in [0, 0.1) is 0 Å². The van der Waals surface area contributed by atoms with E-state index in [9.17, 15) is 0 Å². The first-order valence-corrected chi connectivity index (χ1v) is 8.79. The molecule has 2 heterocycles. The summed E-state index contributed by atoms with van der Waals surface area (Å²) in [6.07, 6.45) is 6.55. The third kappa shape index (κ3) is 2.57. The SMILES string of the molecule is NC(c1ccc(Br)s1)c1cc2c(s1)CCCCC2. The van der Waals surface area contributed by atoms with Crippen LogP contribution in [0.2, 0.25) is 0 Å². The van der Waals surface area contributed by atoms with E-state index in [0.717, 1.165) is 3.79 Å². The summed E-state index contributed by atoms with van der Waals surface area (Å²) in [5.41, 5.74) is 7.93. The topological polar surface area (TPSA) is 26.0 Å². The van der Waals surface area contributed by atoms with Crippen LogP contribution in [0.15, 0.2) is 22.0 Å². The third-order valence-corrected chi connectivity index (χ3v) is 6.50. The van der Waals surface area contributed by atoms with Crippen molar-refractivity contribution in [2.45, 2.75) is 38.1 Å². The van der Waals surface area contributed by atoms with Crippen molar-refractivity contribution in [1.29, 1.82) is 0 Å². The van der Waals surface area contributed by atoms with E-state index in [1.165, 1.54) is 41.9 Å². The average molecular weight is 342 g/mol. The smallest absolute Gasteiger partial charge is 0.0740 e. The Balaban J connectivity index is 1.88. The van der Waals surface area contributed by atoms with Crippen LogP contribution in [0.3, 0.4) is 0 Å². The van der Waals surface area contributed by atoms with Gasteiger partial charge in [0.2, 0.25) is 0 Å².